The number of aromatic nitrogens is 3. The van der Waals surface area contributed by atoms with E-state index in [2.05, 4.69) is 20.0 Å². The summed E-state index contributed by atoms with van der Waals surface area (Å²) in [4.78, 5) is 25.2. The van der Waals surface area contributed by atoms with Crippen LogP contribution in [-0.2, 0) is 9.47 Å². The highest BCUT2D eigenvalue weighted by Crippen LogP contribution is 2.29. The largest absolute Gasteiger partial charge is 0.444 e. The van der Waals surface area contributed by atoms with Crippen LogP contribution in [0.1, 0.15) is 39.0 Å². The van der Waals surface area contributed by atoms with E-state index >= 15 is 0 Å². The maximum atomic E-state index is 12.2. The lowest BCUT2D eigenvalue weighted by atomic mass is 10.1. The molecule has 1 atom stereocenters. The molecule has 2 aromatic rings. The zero-order chi connectivity index (χ0) is 20.4. The first-order chi connectivity index (χ1) is 13.9. The number of pyridine rings is 1. The first kappa shape index (κ1) is 19.6. The minimum Gasteiger partial charge on any atom is -0.444 e. The van der Waals surface area contributed by atoms with Gasteiger partial charge >= 0.3 is 6.09 Å². The maximum absolute atomic E-state index is 12.2. The molecule has 2 fully saturated rings. The molecule has 2 aromatic heterocycles. The van der Waals surface area contributed by atoms with Crippen LogP contribution in [0.5, 0.6) is 0 Å². The van der Waals surface area contributed by atoms with Gasteiger partial charge in [0.2, 0.25) is 11.7 Å². The minimum atomic E-state index is -0.507. The number of nitrogens with zero attached hydrogens (tertiary/aromatic N) is 5. The molecule has 2 aliphatic heterocycles. The molecule has 2 saturated heterocycles. The summed E-state index contributed by atoms with van der Waals surface area (Å²) in [5.74, 6) is 1.99. The Labute approximate surface area is 170 Å². The Bertz CT molecular complexity index is 839. The Hall–Kier alpha value is -2.68. The Kier molecular flexibility index (Phi) is 5.40. The van der Waals surface area contributed by atoms with E-state index in [1.54, 1.807) is 11.1 Å². The van der Waals surface area contributed by atoms with Crippen molar-refractivity contribution in [1.82, 2.24) is 20.0 Å². The van der Waals surface area contributed by atoms with Gasteiger partial charge in [0, 0.05) is 37.9 Å². The standard InChI is InChI=1S/C20H27N5O4/c1-20(2,3)28-19(26)25-7-6-15(13-25)18-22-17(23-29-18)14-4-5-16(21-12-14)24-8-10-27-11-9-24/h4-5,12,15H,6-11,13H2,1-3H3/t15-/m1/s1. The normalized spacial score (nSPS) is 20.2. The number of carbonyl (C=O) groups is 1. The second-order valence-electron chi connectivity index (χ2n) is 8.37. The number of hydrogen-bond donors (Lipinski definition) is 0. The Morgan fingerprint density at radius 3 is 2.69 bits per heavy atom. The van der Waals surface area contributed by atoms with Crippen LogP contribution in [0.15, 0.2) is 22.9 Å². The van der Waals surface area contributed by atoms with Crippen molar-refractivity contribution in [3.63, 3.8) is 0 Å². The summed E-state index contributed by atoms with van der Waals surface area (Å²) >= 11 is 0. The van der Waals surface area contributed by atoms with Crippen LogP contribution in [0.3, 0.4) is 0 Å². The number of rotatable bonds is 3. The highest BCUT2D eigenvalue weighted by atomic mass is 16.6. The molecule has 9 nitrogen and oxygen atoms in total. The van der Waals surface area contributed by atoms with Crippen molar-refractivity contribution in [2.75, 3.05) is 44.3 Å². The predicted molar refractivity (Wildman–Crippen MR) is 106 cm³/mol. The molecule has 4 rings (SSSR count). The third kappa shape index (κ3) is 4.67. The molecule has 0 bridgehead atoms. The third-order valence-corrected chi connectivity index (χ3v) is 4.97. The van der Waals surface area contributed by atoms with Gasteiger partial charge in [-0.2, -0.15) is 4.98 Å². The average Bonchev–Trinajstić information content (AvgIpc) is 3.37. The van der Waals surface area contributed by atoms with E-state index in [0.717, 1.165) is 44.1 Å². The molecule has 0 unspecified atom stereocenters. The molecule has 29 heavy (non-hydrogen) atoms. The predicted octanol–water partition coefficient (Wildman–Crippen LogP) is 2.69. The van der Waals surface area contributed by atoms with E-state index in [1.807, 2.05) is 32.9 Å². The molecule has 156 valence electrons. The lowest BCUT2D eigenvalue weighted by Gasteiger charge is -2.27. The van der Waals surface area contributed by atoms with Gasteiger partial charge in [0.25, 0.3) is 0 Å². The second-order valence-corrected chi connectivity index (χ2v) is 8.37. The van der Waals surface area contributed by atoms with Crippen LogP contribution >= 0.6 is 0 Å². The zero-order valence-electron chi connectivity index (χ0n) is 17.1. The lowest BCUT2D eigenvalue weighted by molar-refractivity contribution is 0.0291. The molecule has 4 heterocycles. The van der Waals surface area contributed by atoms with E-state index in [-0.39, 0.29) is 12.0 Å². The summed E-state index contributed by atoms with van der Waals surface area (Å²) < 4.78 is 16.3. The van der Waals surface area contributed by atoms with Crippen molar-refractivity contribution in [3.05, 3.63) is 24.2 Å². The first-order valence-corrected chi connectivity index (χ1v) is 10.00. The Balaban J connectivity index is 1.39. The summed E-state index contributed by atoms with van der Waals surface area (Å²) in [6.45, 7) is 9.85. The maximum Gasteiger partial charge on any atom is 0.410 e. The van der Waals surface area contributed by atoms with Gasteiger partial charge in [-0.05, 0) is 39.3 Å². The average molecular weight is 401 g/mol. The van der Waals surface area contributed by atoms with Gasteiger partial charge in [0.15, 0.2) is 0 Å². The molecule has 0 N–H and O–H groups in total. The first-order valence-electron chi connectivity index (χ1n) is 10.00. The van der Waals surface area contributed by atoms with E-state index in [4.69, 9.17) is 14.0 Å². The van der Waals surface area contributed by atoms with Crippen LogP contribution in [0.4, 0.5) is 10.6 Å². The number of likely N-dealkylation sites (tertiary alicyclic amines) is 1. The fourth-order valence-electron chi connectivity index (χ4n) is 3.47. The molecule has 0 aromatic carbocycles. The number of amides is 1. The van der Waals surface area contributed by atoms with Crippen molar-refractivity contribution in [2.24, 2.45) is 0 Å². The molecular weight excluding hydrogens is 374 g/mol. The summed E-state index contributed by atoms with van der Waals surface area (Å²) in [7, 11) is 0. The van der Waals surface area contributed by atoms with E-state index in [9.17, 15) is 4.79 Å². The molecular formula is C20H27N5O4. The van der Waals surface area contributed by atoms with E-state index < -0.39 is 5.60 Å². The lowest BCUT2D eigenvalue weighted by Crippen LogP contribution is -2.36. The summed E-state index contributed by atoms with van der Waals surface area (Å²) in [5, 5.41) is 4.11. The minimum absolute atomic E-state index is 0.0179. The van der Waals surface area contributed by atoms with Crippen LogP contribution in [-0.4, -0.2) is 71.1 Å². The van der Waals surface area contributed by atoms with Crippen LogP contribution in [0.2, 0.25) is 0 Å². The topological polar surface area (TPSA) is 93.8 Å². The fourth-order valence-corrected chi connectivity index (χ4v) is 3.47. The highest BCUT2D eigenvalue weighted by molar-refractivity contribution is 5.68. The third-order valence-electron chi connectivity index (χ3n) is 4.97. The van der Waals surface area contributed by atoms with Gasteiger partial charge in [0.1, 0.15) is 11.4 Å². The van der Waals surface area contributed by atoms with Gasteiger partial charge in [-0.15, -0.1) is 0 Å². The van der Waals surface area contributed by atoms with Crippen molar-refractivity contribution in [3.8, 4) is 11.4 Å². The molecule has 1 amide bonds. The second kappa shape index (κ2) is 7.98. The van der Waals surface area contributed by atoms with Crippen molar-refractivity contribution in [1.29, 1.82) is 0 Å². The van der Waals surface area contributed by atoms with Gasteiger partial charge in [0.05, 0.1) is 19.1 Å². The molecule has 0 aliphatic carbocycles. The fraction of sp³-hybridized carbons (Fsp3) is 0.600. The molecule has 9 heteroatoms. The van der Waals surface area contributed by atoms with Crippen LogP contribution in [0.25, 0.3) is 11.4 Å². The van der Waals surface area contributed by atoms with Gasteiger partial charge in [-0.25, -0.2) is 9.78 Å². The number of hydrogen-bond acceptors (Lipinski definition) is 8. The van der Waals surface area contributed by atoms with E-state index in [0.29, 0.717) is 24.8 Å². The summed E-state index contributed by atoms with van der Waals surface area (Å²) in [5.41, 5.74) is 0.298. The van der Waals surface area contributed by atoms with Gasteiger partial charge in [-0.1, -0.05) is 5.16 Å². The van der Waals surface area contributed by atoms with Gasteiger partial charge < -0.3 is 23.8 Å². The Morgan fingerprint density at radius 2 is 2.00 bits per heavy atom. The van der Waals surface area contributed by atoms with Crippen LogP contribution < -0.4 is 4.90 Å². The summed E-state index contributed by atoms with van der Waals surface area (Å²) in [6.07, 6.45) is 2.23. The molecule has 0 spiro atoms. The Morgan fingerprint density at radius 1 is 1.21 bits per heavy atom. The smallest absolute Gasteiger partial charge is 0.410 e. The molecule has 0 radical (unpaired) electrons. The monoisotopic (exact) mass is 401 g/mol. The van der Waals surface area contributed by atoms with Crippen molar-refractivity contribution >= 4 is 11.9 Å². The van der Waals surface area contributed by atoms with Gasteiger partial charge in [-0.3, -0.25) is 0 Å². The number of morpholine rings is 1. The number of carbonyl (C=O) groups excluding carboxylic acids is 1. The zero-order valence-corrected chi connectivity index (χ0v) is 17.1. The highest BCUT2D eigenvalue weighted by Gasteiger charge is 2.33. The number of ether oxygens (including phenoxy) is 2. The quantitative estimate of drug-likeness (QED) is 0.775. The number of anilines is 1. The van der Waals surface area contributed by atoms with Crippen molar-refractivity contribution < 1.29 is 18.8 Å². The molecule has 0 saturated carbocycles. The van der Waals surface area contributed by atoms with Crippen LogP contribution in [0, 0.1) is 0 Å². The summed E-state index contributed by atoms with van der Waals surface area (Å²) in [6, 6.07) is 3.92. The van der Waals surface area contributed by atoms with Crippen molar-refractivity contribution in [2.45, 2.75) is 38.7 Å². The van der Waals surface area contributed by atoms with E-state index in [1.165, 1.54) is 0 Å². The molecule has 2 aliphatic rings. The SMILES string of the molecule is CC(C)(C)OC(=O)N1CC[C@@H](c2nc(-c3ccc(N4CCOCC4)nc3)no2)C1.